The van der Waals surface area contributed by atoms with E-state index in [2.05, 4.69) is 0 Å². The van der Waals surface area contributed by atoms with Crippen LogP contribution in [0.1, 0.15) is 21.6 Å². The van der Waals surface area contributed by atoms with Crippen LogP contribution in [0.2, 0.25) is 5.02 Å². The molecule has 1 saturated heterocycles. The molecule has 30 heavy (non-hydrogen) atoms. The smallest absolute Gasteiger partial charge is 0.335 e. The number of carboxylic acids is 1. The van der Waals surface area contributed by atoms with E-state index in [1.54, 1.807) is 71.4 Å². The number of rotatable bonds is 5. The summed E-state index contributed by atoms with van der Waals surface area (Å²) in [6.07, 6.45) is 3.41. The molecule has 0 bridgehead atoms. The topological polar surface area (TPSA) is 79.6 Å². The predicted molar refractivity (Wildman–Crippen MR) is 116 cm³/mol. The average molecular weight is 439 g/mol. The fourth-order valence-corrected chi connectivity index (χ4v) is 4.03. The van der Waals surface area contributed by atoms with E-state index in [9.17, 15) is 19.5 Å². The number of halogens is 1. The highest BCUT2D eigenvalue weighted by Gasteiger charge is 2.35. The molecule has 0 atom stereocenters. The first-order valence-corrected chi connectivity index (χ1v) is 10.1. The Balaban J connectivity index is 1.60. The second-order valence-electron chi connectivity index (χ2n) is 6.55. The van der Waals surface area contributed by atoms with Gasteiger partial charge in [0.15, 0.2) is 0 Å². The van der Waals surface area contributed by atoms with Gasteiger partial charge in [-0.2, -0.15) is 0 Å². The van der Waals surface area contributed by atoms with Crippen LogP contribution in [0.5, 0.6) is 0 Å². The number of amides is 2. The van der Waals surface area contributed by atoms with E-state index < -0.39 is 5.97 Å². The third-order valence-electron chi connectivity index (χ3n) is 4.56. The summed E-state index contributed by atoms with van der Waals surface area (Å²) >= 11 is 6.76. The highest BCUT2D eigenvalue weighted by molar-refractivity contribution is 8.18. The highest BCUT2D eigenvalue weighted by atomic mass is 35.5. The molecule has 2 heterocycles. The van der Waals surface area contributed by atoms with Gasteiger partial charge in [-0.05, 0) is 65.9 Å². The van der Waals surface area contributed by atoms with Crippen LogP contribution in [0.3, 0.4) is 0 Å². The number of aromatic nitrogens is 1. The van der Waals surface area contributed by atoms with Gasteiger partial charge in [0.25, 0.3) is 11.1 Å². The Kier molecular flexibility index (Phi) is 5.48. The van der Waals surface area contributed by atoms with Crippen molar-refractivity contribution in [1.82, 2.24) is 9.47 Å². The molecule has 0 aliphatic carbocycles. The van der Waals surface area contributed by atoms with Crippen molar-refractivity contribution >= 4 is 46.6 Å². The van der Waals surface area contributed by atoms with E-state index in [1.165, 1.54) is 11.0 Å². The van der Waals surface area contributed by atoms with Crippen LogP contribution in [0.4, 0.5) is 4.79 Å². The SMILES string of the molecule is O=C(O)c1cccc(-n2cccc2/C=C2\SC(=O)N(Cc3ccc(Cl)cc3)C2=O)c1. The molecule has 150 valence electrons. The van der Waals surface area contributed by atoms with Crippen molar-refractivity contribution in [2.75, 3.05) is 0 Å². The van der Waals surface area contributed by atoms with Crippen molar-refractivity contribution in [1.29, 1.82) is 0 Å². The second-order valence-corrected chi connectivity index (χ2v) is 7.98. The van der Waals surface area contributed by atoms with Crippen LogP contribution in [-0.2, 0) is 11.3 Å². The maximum absolute atomic E-state index is 12.8. The van der Waals surface area contributed by atoms with Gasteiger partial charge < -0.3 is 9.67 Å². The Hall–Kier alpha value is -3.29. The molecule has 6 nitrogen and oxygen atoms in total. The number of hydrogen-bond donors (Lipinski definition) is 1. The fraction of sp³-hybridized carbons (Fsp3) is 0.0455. The van der Waals surface area contributed by atoms with Gasteiger partial charge in [-0.3, -0.25) is 14.5 Å². The Bertz CT molecular complexity index is 1180. The Morgan fingerprint density at radius 3 is 2.57 bits per heavy atom. The normalized spacial score (nSPS) is 15.2. The molecular formula is C22H15ClN2O4S. The molecule has 1 aliphatic heterocycles. The van der Waals surface area contributed by atoms with Crippen molar-refractivity contribution in [3.63, 3.8) is 0 Å². The Morgan fingerprint density at radius 1 is 1.07 bits per heavy atom. The maximum atomic E-state index is 12.8. The van der Waals surface area contributed by atoms with E-state index in [-0.39, 0.29) is 23.3 Å². The summed E-state index contributed by atoms with van der Waals surface area (Å²) in [6.45, 7) is 0.168. The Morgan fingerprint density at radius 2 is 1.83 bits per heavy atom. The minimum atomic E-state index is -1.02. The number of nitrogens with zero attached hydrogens (tertiary/aromatic N) is 2. The van der Waals surface area contributed by atoms with Gasteiger partial charge in [-0.1, -0.05) is 29.8 Å². The molecule has 1 fully saturated rings. The number of carboxylic acid groups (broad SMARTS) is 1. The van der Waals surface area contributed by atoms with Crippen LogP contribution in [0.25, 0.3) is 11.8 Å². The number of thioether (sulfide) groups is 1. The second kappa shape index (κ2) is 8.22. The monoisotopic (exact) mass is 438 g/mol. The number of imide groups is 1. The van der Waals surface area contributed by atoms with Crippen molar-refractivity contribution in [2.24, 2.45) is 0 Å². The van der Waals surface area contributed by atoms with Crippen molar-refractivity contribution in [2.45, 2.75) is 6.54 Å². The molecule has 1 aliphatic rings. The molecule has 1 N–H and O–H groups in total. The van der Waals surface area contributed by atoms with Crippen molar-refractivity contribution in [3.8, 4) is 5.69 Å². The highest BCUT2D eigenvalue weighted by Crippen LogP contribution is 2.33. The van der Waals surface area contributed by atoms with Gasteiger partial charge in [0, 0.05) is 22.6 Å². The standard InChI is InChI=1S/C22H15ClN2O4S/c23-16-8-6-14(7-9-16)13-25-20(26)19(30-22(25)29)12-18-5-2-10-24(18)17-4-1-3-15(11-17)21(27)28/h1-12H,13H2,(H,27,28)/b19-12-. The third kappa shape index (κ3) is 4.03. The van der Waals surface area contributed by atoms with Gasteiger partial charge >= 0.3 is 5.97 Å². The number of aromatic carboxylic acids is 1. The van der Waals surface area contributed by atoms with Gasteiger partial charge in [-0.15, -0.1) is 0 Å². The molecule has 0 saturated carbocycles. The molecule has 0 unspecified atom stereocenters. The van der Waals surface area contributed by atoms with E-state index in [4.69, 9.17) is 11.6 Å². The van der Waals surface area contributed by atoms with E-state index in [0.29, 0.717) is 21.3 Å². The number of carbonyl (C=O) groups is 3. The molecular weight excluding hydrogens is 424 g/mol. The summed E-state index contributed by atoms with van der Waals surface area (Å²) in [5.41, 5.74) is 2.27. The van der Waals surface area contributed by atoms with Crippen molar-refractivity contribution in [3.05, 3.63) is 93.6 Å². The Labute approximate surface area is 181 Å². The summed E-state index contributed by atoms with van der Waals surface area (Å²) < 4.78 is 1.76. The molecule has 2 amide bonds. The molecule has 4 rings (SSSR count). The van der Waals surface area contributed by atoms with E-state index >= 15 is 0 Å². The zero-order valence-electron chi connectivity index (χ0n) is 15.5. The summed E-state index contributed by atoms with van der Waals surface area (Å²) in [5.74, 6) is -1.39. The van der Waals surface area contributed by atoms with Crippen LogP contribution < -0.4 is 0 Å². The van der Waals surface area contributed by atoms with Gasteiger partial charge in [0.05, 0.1) is 17.0 Å². The lowest BCUT2D eigenvalue weighted by molar-refractivity contribution is -0.123. The molecule has 3 aromatic rings. The van der Waals surface area contributed by atoms with Crippen LogP contribution in [0.15, 0.2) is 71.8 Å². The molecule has 0 spiro atoms. The maximum Gasteiger partial charge on any atom is 0.335 e. The first kappa shape index (κ1) is 20.0. The number of benzene rings is 2. The molecule has 0 radical (unpaired) electrons. The summed E-state index contributed by atoms with van der Waals surface area (Å²) in [5, 5.41) is 9.46. The number of carbonyl (C=O) groups excluding carboxylic acids is 2. The molecule has 2 aromatic carbocycles. The lowest BCUT2D eigenvalue weighted by atomic mass is 10.2. The summed E-state index contributed by atoms with van der Waals surface area (Å²) in [7, 11) is 0. The quantitative estimate of drug-likeness (QED) is 0.563. The van der Waals surface area contributed by atoms with Crippen molar-refractivity contribution < 1.29 is 19.5 Å². The first-order chi connectivity index (χ1) is 14.4. The molecule has 8 heteroatoms. The summed E-state index contributed by atoms with van der Waals surface area (Å²) in [4.78, 5) is 38.0. The van der Waals surface area contributed by atoms with Gasteiger partial charge in [-0.25, -0.2) is 4.79 Å². The minimum absolute atomic E-state index is 0.162. The van der Waals surface area contributed by atoms with Crippen LogP contribution in [0, 0.1) is 0 Å². The largest absolute Gasteiger partial charge is 0.478 e. The fourth-order valence-electron chi connectivity index (χ4n) is 3.08. The minimum Gasteiger partial charge on any atom is -0.478 e. The third-order valence-corrected chi connectivity index (χ3v) is 5.72. The summed E-state index contributed by atoms with van der Waals surface area (Å²) in [6, 6.07) is 17.0. The van der Waals surface area contributed by atoms with Gasteiger partial charge in [0.2, 0.25) is 0 Å². The van der Waals surface area contributed by atoms with E-state index in [1.807, 2.05) is 0 Å². The van der Waals surface area contributed by atoms with Gasteiger partial charge in [0.1, 0.15) is 0 Å². The lowest BCUT2D eigenvalue weighted by Crippen LogP contribution is -2.27. The van der Waals surface area contributed by atoms with E-state index in [0.717, 1.165) is 17.3 Å². The zero-order valence-corrected chi connectivity index (χ0v) is 17.1. The molecule has 1 aromatic heterocycles. The van der Waals surface area contributed by atoms with Crippen LogP contribution in [-0.4, -0.2) is 31.7 Å². The average Bonchev–Trinajstić information content (AvgIpc) is 3.30. The number of hydrogen-bond acceptors (Lipinski definition) is 4. The lowest BCUT2D eigenvalue weighted by Gasteiger charge is -2.12. The zero-order chi connectivity index (χ0) is 21.3. The van der Waals surface area contributed by atoms with Crippen LogP contribution >= 0.6 is 23.4 Å². The first-order valence-electron chi connectivity index (χ1n) is 8.93. The predicted octanol–water partition coefficient (Wildman–Crippen LogP) is 5.07.